The molecule has 0 amide bonds. The van der Waals surface area contributed by atoms with Crippen LogP contribution in [0.25, 0.3) is 5.69 Å². The average Bonchev–Trinajstić information content (AvgIpc) is 3.27. The monoisotopic (exact) mass is 506 g/mol. The molecule has 8 heteroatoms. The van der Waals surface area contributed by atoms with Gasteiger partial charge >= 0.3 is 0 Å². The van der Waals surface area contributed by atoms with Crippen LogP contribution >= 0.6 is 24.0 Å². The Morgan fingerprint density at radius 3 is 2.83 bits per heavy atom. The van der Waals surface area contributed by atoms with Crippen LogP contribution in [0.1, 0.15) is 25.5 Å². The number of ether oxygens (including phenoxy) is 1. The highest BCUT2D eigenvalue weighted by Gasteiger charge is 2.09. The summed E-state index contributed by atoms with van der Waals surface area (Å²) in [6.45, 7) is 5.98. The van der Waals surface area contributed by atoms with Gasteiger partial charge in [0, 0.05) is 25.1 Å². The molecule has 0 aliphatic rings. The molecule has 0 radical (unpaired) electrons. The first-order chi connectivity index (χ1) is 13.8. The first-order valence-corrected chi connectivity index (χ1v) is 9.44. The van der Waals surface area contributed by atoms with Gasteiger partial charge in [-0.2, -0.15) is 5.10 Å². The Labute approximate surface area is 188 Å². The molecule has 29 heavy (non-hydrogen) atoms. The van der Waals surface area contributed by atoms with Crippen molar-refractivity contribution < 1.29 is 4.74 Å². The number of nitrogens with zero attached hydrogens (tertiary/aromatic N) is 4. The number of halogens is 1. The second-order valence-electron chi connectivity index (χ2n) is 6.21. The van der Waals surface area contributed by atoms with Crippen molar-refractivity contribution in [3.05, 3.63) is 72.8 Å². The van der Waals surface area contributed by atoms with Crippen LogP contribution in [0.5, 0.6) is 5.75 Å². The van der Waals surface area contributed by atoms with E-state index in [0.29, 0.717) is 13.2 Å². The molecule has 0 fully saturated rings. The van der Waals surface area contributed by atoms with Gasteiger partial charge in [0.05, 0.1) is 24.5 Å². The van der Waals surface area contributed by atoms with Gasteiger partial charge in [-0.1, -0.05) is 12.1 Å². The predicted octanol–water partition coefficient (Wildman–Crippen LogP) is 3.58. The predicted molar refractivity (Wildman–Crippen MR) is 126 cm³/mol. The molecule has 2 N–H and O–H groups in total. The van der Waals surface area contributed by atoms with Crippen molar-refractivity contribution in [2.75, 3.05) is 19.7 Å². The summed E-state index contributed by atoms with van der Waals surface area (Å²) in [5, 5.41) is 11.0. The van der Waals surface area contributed by atoms with Crippen molar-refractivity contribution in [1.29, 1.82) is 0 Å². The third-order valence-corrected chi connectivity index (χ3v) is 4.10. The normalized spacial score (nSPS) is 12.0. The molecule has 0 saturated heterocycles. The van der Waals surface area contributed by atoms with Gasteiger partial charge in [0.15, 0.2) is 5.96 Å². The molecule has 2 aromatic heterocycles. The molecule has 0 aliphatic carbocycles. The van der Waals surface area contributed by atoms with Crippen LogP contribution in [0, 0.1) is 0 Å². The molecular formula is C21H27IN6O. The van der Waals surface area contributed by atoms with Crippen molar-refractivity contribution in [3.8, 4) is 11.4 Å². The number of aliphatic imine (C=N–C) groups is 1. The van der Waals surface area contributed by atoms with Crippen LogP contribution in [-0.2, 0) is 0 Å². The van der Waals surface area contributed by atoms with Gasteiger partial charge in [0.25, 0.3) is 0 Å². The molecular weight excluding hydrogens is 479 g/mol. The number of nitrogens with one attached hydrogen (secondary N) is 2. The smallest absolute Gasteiger partial charge is 0.191 e. The number of guanidine groups is 1. The summed E-state index contributed by atoms with van der Waals surface area (Å²) in [4.78, 5) is 8.63. The van der Waals surface area contributed by atoms with E-state index in [1.54, 1.807) is 18.6 Å². The van der Waals surface area contributed by atoms with E-state index in [-0.39, 0.29) is 30.0 Å². The lowest BCUT2D eigenvalue weighted by Gasteiger charge is -2.19. The zero-order valence-corrected chi connectivity index (χ0v) is 19.0. The van der Waals surface area contributed by atoms with E-state index >= 15 is 0 Å². The third-order valence-electron chi connectivity index (χ3n) is 4.10. The maximum Gasteiger partial charge on any atom is 0.191 e. The highest BCUT2D eigenvalue weighted by molar-refractivity contribution is 14.0. The van der Waals surface area contributed by atoms with Crippen LogP contribution in [0.15, 0.2) is 72.2 Å². The van der Waals surface area contributed by atoms with Gasteiger partial charge in [0.1, 0.15) is 12.4 Å². The second kappa shape index (κ2) is 12.1. The minimum Gasteiger partial charge on any atom is -0.490 e. The number of pyridine rings is 1. The first kappa shape index (κ1) is 22.7. The summed E-state index contributed by atoms with van der Waals surface area (Å²) in [7, 11) is 0. The second-order valence-corrected chi connectivity index (χ2v) is 6.21. The van der Waals surface area contributed by atoms with Crippen LogP contribution in [-0.4, -0.2) is 40.4 Å². The number of rotatable bonds is 8. The Bertz CT molecular complexity index is 870. The maximum atomic E-state index is 5.65. The summed E-state index contributed by atoms with van der Waals surface area (Å²) in [6, 6.07) is 14.0. The van der Waals surface area contributed by atoms with Crippen molar-refractivity contribution in [1.82, 2.24) is 25.4 Å². The molecule has 3 rings (SSSR count). The average molecular weight is 506 g/mol. The Morgan fingerprint density at radius 2 is 2.10 bits per heavy atom. The lowest BCUT2D eigenvalue weighted by Crippen LogP contribution is -2.39. The topological polar surface area (TPSA) is 76.4 Å². The zero-order chi connectivity index (χ0) is 19.6. The highest BCUT2D eigenvalue weighted by Crippen LogP contribution is 2.16. The van der Waals surface area contributed by atoms with Crippen LogP contribution in [0.2, 0.25) is 0 Å². The summed E-state index contributed by atoms with van der Waals surface area (Å²) in [6.07, 6.45) is 7.13. The van der Waals surface area contributed by atoms with Crippen molar-refractivity contribution in [2.45, 2.75) is 19.9 Å². The Balaban J connectivity index is 0.00000300. The molecule has 1 unspecified atom stereocenters. The van der Waals surface area contributed by atoms with Crippen molar-refractivity contribution in [2.24, 2.45) is 4.99 Å². The van der Waals surface area contributed by atoms with E-state index in [2.05, 4.69) is 44.8 Å². The van der Waals surface area contributed by atoms with Crippen LogP contribution in [0.3, 0.4) is 0 Å². The van der Waals surface area contributed by atoms with Gasteiger partial charge in [-0.25, -0.2) is 9.67 Å². The molecule has 3 aromatic rings. The summed E-state index contributed by atoms with van der Waals surface area (Å²) >= 11 is 0. The van der Waals surface area contributed by atoms with Crippen molar-refractivity contribution in [3.63, 3.8) is 0 Å². The molecule has 1 aromatic carbocycles. The van der Waals surface area contributed by atoms with Gasteiger partial charge in [-0.05, 0) is 49.7 Å². The molecule has 154 valence electrons. The van der Waals surface area contributed by atoms with E-state index in [4.69, 9.17) is 4.74 Å². The summed E-state index contributed by atoms with van der Waals surface area (Å²) < 4.78 is 7.50. The van der Waals surface area contributed by atoms with E-state index in [1.807, 2.05) is 48.1 Å². The van der Waals surface area contributed by atoms with E-state index in [1.165, 1.54) is 0 Å². The largest absolute Gasteiger partial charge is 0.490 e. The van der Waals surface area contributed by atoms with Gasteiger partial charge in [0.2, 0.25) is 0 Å². The SMILES string of the molecule is CCNC(=NCCOc1cccnc1)NC(C)c1cccc(-n2cccn2)c1.I. The Hall–Kier alpha value is -2.62. The standard InChI is InChI=1S/C21H26N6O.HI/c1-3-23-21(24-12-14-28-20-9-5-10-22-16-20)26-17(2)18-7-4-8-19(15-18)27-13-6-11-25-27;/h4-11,13,15-17H,3,12,14H2,1-2H3,(H2,23,24,26);1H. The van der Waals surface area contributed by atoms with Gasteiger partial charge in [-0.3, -0.25) is 4.98 Å². The fraction of sp³-hybridized carbons (Fsp3) is 0.286. The Morgan fingerprint density at radius 1 is 1.21 bits per heavy atom. The van der Waals surface area contributed by atoms with Crippen LogP contribution in [0.4, 0.5) is 0 Å². The zero-order valence-electron chi connectivity index (χ0n) is 16.7. The van der Waals surface area contributed by atoms with Gasteiger partial charge in [-0.15, -0.1) is 24.0 Å². The fourth-order valence-corrected chi connectivity index (χ4v) is 2.72. The Kier molecular flexibility index (Phi) is 9.42. The molecule has 0 bridgehead atoms. The van der Waals surface area contributed by atoms with Gasteiger partial charge < -0.3 is 15.4 Å². The van der Waals surface area contributed by atoms with Crippen molar-refractivity contribution >= 4 is 29.9 Å². The molecule has 0 saturated carbocycles. The molecule has 1 atom stereocenters. The third kappa shape index (κ3) is 7.04. The molecule has 0 spiro atoms. The van der Waals surface area contributed by atoms with E-state index in [9.17, 15) is 0 Å². The van der Waals surface area contributed by atoms with E-state index in [0.717, 1.165) is 29.5 Å². The first-order valence-electron chi connectivity index (χ1n) is 9.44. The number of hydrogen-bond acceptors (Lipinski definition) is 4. The van der Waals surface area contributed by atoms with E-state index < -0.39 is 0 Å². The number of aromatic nitrogens is 3. The number of hydrogen-bond donors (Lipinski definition) is 2. The molecule has 7 nitrogen and oxygen atoms in total. The lowest BCUT2D eigenvalue weighted by atomic mass is 10.1. The minimum atomic E-state index is 0. The minimum absolute atomic E-state index is 0. The number of benzene rings is 1. The quantitative estimate of drug-likeness (QED) is 0.212. The molecule has 2 heterocycles. The molecule has 0 aliphatic heterocycles. The summed E-state index contributed by atoms with van der Waals surface area (Å²) in [5.41, 5.74) is 2.19. The van der Waals surface area contributed by atoms with Crippen LogP contribution < -0.4 is 15.4 Å². The lowest BCUT2D eigenvalue weighted by molar-refractivity contribution is 0.327. The fourth-order valence-electron chi connectivity index (χ4n) is 2.72. The maximum absolute atomic E-state index is 5.65. The highest BCUT2D eigenvalue weighted by atomic mass is 127. The summed E-state index contributed by atoms with van der Waals surface area (Å²) in [5.74, 6) is 1.51.